The van der Waals surface area contributed by atoms with Crippen molar-refractivity contribution < 1.29 is 33.5 Å². The van der Waals surface area contributed by atoms with Gasteiger partial charge in [-0.05, 0) is 41.0 Å². The van der Waals surface area contributed by atoms with Gasteiger partial charge in [0.2, 0.25) is 0 Å². The van der Waals surface area contributed by atoms with Gasteiger partial charge in [-0.1, -0.05) is 54.6 Å². The van der Waals surface area contributed by atoms with Crippen LogP contribution in [0.2, 0.25) is 0 Å². The van der Waals surface area contributed by atoms with E-state index in [4.69, 9.17) is 34.2 Å². The lowest BCUT2D eigenvalue weighted by Crippen LogP contribution is -2.40. The Balaban J connectivity index is 1.40. The molecule has 1 aliphatic rings. The first-order valence-electron chi connectivity index (χ1n) is 14.9. The van der Waals surface area contributed by atoms with E-state index >= 15 is 0 Å². The lowest BCUT2D eigenvalue weighted by molar-refractivity contribution is -0.0970. The van der Waals surface area contributed by atoms with Crippen molar-refractivity contribution in [3.63, 3.8) is 0 Å². The molecule has 3 N–H and O–H groups in total. The Morgan fingerprint density at radius 1 is 0.826 bits per heavy atom. The fourth-order valence-corrected chi connectivity index (χ4v) is 5.87. The molecule has 0 unspecified atom stereocenters. The number of imidazole rings is 1. The summed E-state index contributed by atoms with van der Waals surface area (Å²) in [5.74, 6) is 1.67. The lowest BCUT2D eigenvalue weighted by atomic mass is 9.80. The van der Waals surface area contributed by atoms with Gasteiger partial charge in [-0.2, -0.15) is 0 Å². The van der Waals surface area contributed by atoms with Crippen LogP contribution in [0.25, 0.3) is 11.2 Å². The van der Waals surface area contributed by atoms with Crippen LogP contribution in [-0.4, -0.2) is 84.1 Å². The smallest absolute Gasteiger partial charge is 0.167 e. The number of hydrogen-bond acceptors (Lipinski definition) is 11. The molecule has 3 heterocycles. The zero-order valence-corrected chi connectivity index (χ0v) is 25.9. The molecule has 0 spiro atoms. The third kappa shape index (κ3) is 5.88. The molecule has 46 heavy (non-hydrogen) atoms. The van der Waals surface area contributed by atoms with Crippen molar-refractivity contribution in [3.8, 4) is 11.5 Å². The van der Waals surface area contributed by atoms with Gasteiger partial charge < -0.3 is 39.3 Å². The Morgan fingerprint density at radius 3 is 2.07 bits per heavy atom. The van der Waals surface area contributed by atoms with Gasteiger partial charge in [-0.3, -0.25) is 4.57 Å². The van der Waals surface area contributed by atoms with Gasteiger partial charge in [0, 0.05) is 7.11 Å². The van der Waals surface area contributed by atoms with E-state index in [0.717, 1.165) is 16.7 Å². The van der Waals surface area contributed by atoms with Gasteiger partial charge in [0.05, 0.1) is 40.4 Å². The van der Waals surface area contributed by atoms with Crippen molar-refractivity contribution in [3.05, 3.63) is 108 Å². The summed E-state index contributed by atoms with van der Waals surface area (Å²) in [6.07, 6.45) is -0.516. The first-order chi connectivity index (χ1) is 22.5. The van der Waals surface area contributed by atoms with Gasteiger partial charge in [-0.15, -0.1) is 0 Å². The van der Waals surface area contributed by atoms with E-state index in [1.54, 1.807) is 32.2 Å². The summed E-state index contributed by atoms with van der Waals surface area (Å²) < 4.78 is 37.5. The maximum Gasteiger partial charge on any atom is 0.167 e. The molecule has 240 valence electrons. The van der Waals surface area contributed by atoms with Crippen molar-refractivity contribution in [1.82, 2.24) is 19.5 Å². The number of hydrogen-bond donors (Lipinski definition) is 2. The topological polar surface area (TPSA) is 145 Å². The number of nitrogens with zero attached hydrogens (tertiary/aromatic N) is 4. The van der Waals surface area contributed by atoms with Crippen LogP contribution in [0.4, 0.5) is 5.82 Å². The largest absolute Gasteiger partial charge is 0.497 e. The second kappa shape index (κ2) is 13.8. The molecule has 5 aromatic rings. The molecule has 0 radical (unpaired) electrons. The van der Waals surface area contributed by atoms with Crippen LogP contribution in [-0.2, 0) is 24.5 Å². The van der Waals surface area contributed by atoms with Gasteiger partial charge in [0.1, 0.15) is 47.3 Å². The third-order valence-electron chi connectivity index (χ3n) is 8.21. The molecule has 12 nitrogen and oxygen atoms in total. The fourth-order valence-electron chi connectivity index (χ4n) is 5.87. The molecule has 4 atom stereocenters. The highest BCUT2D eigenvalue weighted by atomic mass is 16.6. The number of rotatable bonds is 13. The van der Waals surface area contributed by atoms with Gasteiger partial charge >= 0.3 is 0 Å². The van der Waals surface area contributed by atoms with Crippen LogP contribution < -0.4 is 15.2 Å². The first kappa shape index (κ1) is 31.4. The highest BCUT2D eigenvalue weighted by molar-refractivity contribution is 5.81. The number of ether oxygens (including phenoxy) is 6. The molecule has 3 aromatic carbocycles. The second-order valence-electron chi connectivity index (χ2n) is 10.8. The molecule has 6 rings (SSSR count). The number of fused-ring (bicyclic) bond motifs is 1. The highest BCUT2D eigenvalue weighted by Crippen LogP contribution is 2.43. The minimum Gasteiger partial charge on any atom is -0.497 e. The predicted molar refractivity (Wildman–Crippen MR) is 170 cm³/mol. The number of anilines is 1. The Bertz CT molecular complexity index is 1670. The van der Waals surface area contributed by atoms with Crippen molar-refractivity contribution in [2.45, 2.75) is 30.1 Å². The summed E-state index contributed by atoms with van der Waals surface area (Å²) in [6.45, 7) is 0.572. The minimum atomic E-state index is -1.10. The van der Waals surface area contributed by atoms with Crippen LogP contribution in [0.5, 0.6) is 11.5 Å². The van der Waals surface area contributed by atoms with Crippen molar-refractivity contribution >= 4 is 17.0 Å². The second-order valence-corrected chi connectivity index (χ2v) is 10.8. The summed E-state index contributed by atoms with van der Waals surface area (Å²) in [7, 11) is 4.84. The Morgan fingerprint density at radius 2 is 1.46 bits per heavy atom. The number of nitrogens with two attached hydrogens (primary N) is 1. The summed E-state index contributed by atoms with van der Waals surface area (Å²) in [5, 5.41) is 11.7. The molecule has 1 fully saturated rings. The minimum absolute atomic E-state index is 0.00148. The fraction of sp³-hybridized carbons (Fsp3) is 0.324. The first-order valence-corrected chi connectivity index (χ1v) is 14.9. The van der Waals surface area contributed by atoms with Crippen LogP contribution in [0.3, 0.4) is 0 Å². The van der Waals surface area contributed by atoms with E-state index < -0.39 is 30.1 Å². The molecule has 0 aliphatic carbocycles. The Hall–Kier alpha value is -4.59. The molecular weight excluding hydrogens is 590 g/mol. The molecule has 1 aliphatic heterocycles. The molecular formula is C34H37N5O7. The van der Waals surface area contributed by atoms with E-state index in [9.17, 15) is 5.11 Å². The Kier molecular flexibility index (Phi) is 9.43. The molecule has 2 aromatic heterocycles. The molecule has 0 saturated carbocycles. The van der Waals surface area contributed by atoms with E-state index in [2.05, 4.69) is 15.0 Å². The summed E-state index contributed by atoms with van der Waals surface area (Å²) in [4.78, 5) is 12.8. The van der Waals surface area contributed by atoms with Crippen molar-refractivity contribution in [2.75, 3.05) is 46.9 Å². The van der Waals surface area contributed by atoms with E-state index in [-0.39, 0.29) is 19.0 Å². The quantitative estimate of drug-likeness (QED) is 0.146. The maximum absolute atomic E-state index is 11.7. The number of aromatic nitrogens is 4. The lowest BCUT2D eigenvalue weighted by Gasteiger charge is -2.37. The molecule has 12 heteroatoms. The zero-order chi connectivity index (χ0) is 32.1. The van der Waals surface area contributed by atoms with Crippen LogP contribution >= 0.6 is 0 Å². The van der Waals surface area contributed by atoms with Crippen molar-refractivity contribution in [1.29, 1.82) is 0 Å². The van der Waals surface area contributed by atoms with Crippen molar-refractivity contribution in [2.24, 2.45) is 0 Å². The molecule has 0 amide bonds. The standard InChI is InChI=1S/C34H37N5O7/c1-41-17-18-44-30-29(40)27(46-33(30)39-21-38-28-31(35)36-20-37-32(28)39)19-45-34(22-7-5-4-6-8-22,23-9-13-25(42-2)14-10-23)24-11-15-26(43-3)16-12-24/h4-16,20-21,27,29-30,33,40H,17-19H2,1-3H3,(H2,35,36,37)/t27-,29-,30-,33+/m1/s1. The monoisotopic (exact) mass is 627 g/mol. The number of aliphatic hydroxyl groups is 1. The van der Waals surface area contributed by atoms with E-state index in [1.165, 1.54) is 6.33 Å². The summed E-state index contributed by atoms with van der Waals surface area (Å²) >= 11 is 0. The summed E-state index contributed by atoms with van der Waals surface area (Å²) in [5.41, 5.74) is 8.44. The number of benzene rings is 3. The van der Waals surface area contributed by atoms with E-state index in [1.807, 2.05) is 78.9 Å². The average molecular weight is 628 g/mol. The SMILES string of the molecule is COCCO[C@@H]1[C@H](O)[C@@H](COC(c2ccccc2)(c2ccc(OC)cc2)c2ccc(OC)cc2)O[C@@H]1n1cnc2c(N)ncnc21. The van der Waals surface area contributed by atoms with Gasteiger partial charge in [0.25, 0.3) is 0 Å². The number of aliphatic hydroxyl groups excluding tert-OH is 1. The van der Waals surface area contributed by atoms with Gasteiger partial charge in [-0.25, -0.2) is 15.0 Å². The number of methoxy groups -OCH3 is 3. The predicted octanol–water partition coefficient (Wildman–Crippen LogP) is 3.72. The average Bonchev–Trinajstić information content (AvgIpc) is 3.67. The highest BCUT2D eigenvalue weighted by Gasteiger charge is 2.48. The maximum atomic E-state index is 11.7. The normalized spacial score (nSPS) is 19.8. The summed E-state index contributed by atoms with van der Waals surface area (Å²) in [6, 6.07) is 25.4. The van der Waals surface area contributed by atoms with Crippen LogP contribution in [0, 0.1) is 0 Å². The number of nitrogen functional groups attached to an aromatic ring is 1. The van der Waals surface area contributed by atoms with Crippen LogP contribution in [0.1, 0.15) is 22.9 Å². The molecule has 1 saturated heterocycles. The zero-order valence-electron chi connectivity index (χ0n) is 25.9. The third-order valence-corrected chi connectivity index (χ3v) is 8.21. The van der Waals surface area contributed by atoms with E-state index in [0.29, 0.717) is 29.3 Å². The van der Waals surface area contributed by atoms with Crippen LogP contribution in [0.15, 0.2) is 91.5 Å². The molecule has 0 bridgehead atoms. The Labute approximate surface area is 266 Å². The van der Waals surface area contributed by atoms with Gasteiger partial charge in [0.15, 0.2) is 17.7 Å².